The lowest BCUT2D eigenvalue weighted by molar-refractivity contribution is 0.102. The summed E-state index contributed by atoms with van der Waals surface area (Å²) in [6.45, 7) is 0.882. The largest absolute Gasteiger partial charge is 0.495 e. The number of anilines is 1. The molecule has 1 aliphatic heterocycles. The van der Waals surface area contributed by atoms with Gasteiger partial charge in [0.25, 0.3) is 5.91 Å². The smallest absolute Gasteiger partial charge is 0.255 e. The monoisotopic (exact) mass is 472 g/mol. The van der Waals surface area contributed by atoms with Crippen LogP contribution < -0.4 is 14.8 Å². The van der Waals surface area contributed by atoms with Crippen molar-refractivity contribution in [3.8, 4) is 11.5 Å². The van der Waals surface area contributed by atoms with Gasteiger partial charge in [-0.05, 0) is 37.1 Å². The second kappa shape index (κ2) is 9.43. The van der Waals surface area contributed by atoms with E-state index in [0.717, 1.165) is 19.3 Å². The van der Waals surface area contributed by atoms with Gasteiger partial charge in [0.15, 0.2) is 0 Å². The molecule has 0 aliphatic carbocycles. The minimum Gasteiger partial charge on any atom is -0.495 e. The van der Waals surface area contributed by atoms with Gasteiger partial charge in [0.05, 0.1) is 30.0 Å². The molecule has 0 spiro atoms. The summed E-state index contributed by atoms with van der Waals surface area (Å²) in [5.74, 6) is 0.217. The van der Waals surface area contributed by atoms with E-state index in [-0.39, 0.29) is 20.5 Å². The molecule has 1 N–H and O–H groups in total. The summed E-state index contributed by atoms with van der Waals surface area (Å²) >= 11 is 12.3. The van der Waals surface area contributed by atoms with Gasteiger partial charge in [-0.2, -0.15) is 4.31 Å². The molecule has 0 radical (unpaired) electrons. The van der Waals surface area contributed by atoms with E-state index in [1.54, 1.807) is 6.07 Å². The minimum atomic E-state index is -3.79. The molecule has 30 heavy (non-hydrogen) atoms. The third-order valence-corrected chi connectivity index (χ3v) is 7.52. The average Bonchev–Trinajstić information content (AvgIpc) is 2.74. The maximum Gasteiger partial charge on any atom is 0.255 e. The second-order valence-electron chi connectivity index (χ2n) is 6.75. The first-order valence-electron chi connectivity index (χ1n) is 9.30. The number of nitrogens with zero attached hydrogens (tertiary/aromatic N) is 1. The molecular weight excluding hydrogens is 451 g/mol. The number of benzene rings is 2. The number of hydrogen-bond acceptors (Lipinski definition) is 5. The molecule has 2 aromatic carbocycles. The predicted octanol–water partition coefficient (Wildman–Crippen LogP) is 4.44. The van der Waals surface area contributed by atoms with Gasteiger partial charge in [-0.15, -0.1) is 0 Å². The van der Waals surface area contributed by atoms with Crippen LogP contribution in [0, 0.1) is 0 Å². The van der Waals surface area contributed by atoms with Crippen LogP contribution in [0.5, 0.6) is 11.5 Å². The molecule has 162 valence electrons. The third-order valence-electron chi connectivity index (χ3n) is 4.85. The van der Waals surface area contributed by atoms with E-state index in [2.05, 4.69) is 5.32 Å². The summed E-state index contributed by atoms with van der Waals surface area (Å²) in [4.78, 5) is 12.7. The van der Waals surface area contributed by atoms with Gasteiger partial charge in [-0.1, -0.05) is 29.6 Å². The lowest BCUT2D eigenvalue weighted by Gasteiger charge is -2.26. The highest BCUT2D eigenvalue weighted by Crippen LogP contribution is 2.36. The van der Waals surface area contributed by atoms with E-state index in [0.29, 0.717) is 30.3 Å². The van der Waals surface area contributed by atoms with Crippen LogP contribution in [0.2, 0.25) is 10.0 Å². The Morgan fingerprint density at radius 3 is 2.27 bits per heavy atom. The average molecular weight is 473 g/mol. The number of ether oxygens (including phenoxy) is 2. The fraction of sp³-hybridized carbons (Fsp3) is 0.350. The Kier molecular flexibility index (Phi) is 7.13. The van der Waals surface area contributed by atoms with Crippen molar-refractivity contribution in [1.29, 1.82) is 0 Å². The fourth-order valence-corrected chi connectivity index (χ4v) is 5.50. The molecule has 0 bridgehead atoms. The van der Waals surface area contributed by atoms with Gasteiger partial charge in [0.2, 0.25) is 10.0 Å². The molecule has 7 nitrogen and oxygen atoms in total. The molecule has 1 amide bonds. The summed E-state index contributed by atoms with van der Waals surface area (Å²) in [6.07, 6.45) is 2.60. The number of sulfonamides is 1. The molecule has 1 aliphatic rings. The van der Waals surface area contributed by atoms with E-state index in [1.807, 2.05) is 0 Å². The fourth-order valence-electron chi connectivity index (χ4n) is 3.24. The van der Waals surface area contributed by atoms with Crippen molar-refractivity contribution in [1.82, 2.24) is 4.31 Å². The Morgan fingerprint density at radius 2 is 1.63 bits per heavy atom. The zero-order chi connectivity index (χ0) is 21.9. The Bertz CT molecular complexity index is 1050. The van der Waals surface area contributed by atoms with Crippen molar-refractivity contribution in [2.75, 3.05) is 32.6 Å². The molecular formula is C20H22Cl2N2O5S. The zero-order valence-corrected chi connectivity index (χ0v) is 18.9. The Balaban J connectivity index is 1.91. The van der Waals surface area contributed by atoms with Crippen LogP contribution in [0.15, 0.2) is 35.2 Å². The van der Waals surface area contributed by atoms with Crippen LogP contribution in [0.3, 0.4) is 0 Å². The molecule has 1 fully saturated rings. The van der Waals surface area contributed by atoms with Gasteiger partial charge >= 0.3 is 0 Å². The van der Waals surface area contributed by atoms with Gasteiger partial charge in [-0.25, -0.2) is 8.42 Å². The summed E-state index contributed by atoms with van der Waals surface area (Å²) < 4.78 is 37.9. The number of amides is 1. The lowest BCUT2D eigenvalue weighted by atomic mass is 10.2. The number of halogens is 2. The van der Waals surface area contributed by atoms with Crippen molar-refractivity contribution in [3.05, 3.63) is 45.9 Å². The first kappa shape index (κ1) is 22.7. The molecule has 0 saturated carbocycles. The van der Waals surface area contributed by atoms with Gasteiger partial charge in [0.1, 0.15) is 16.4 Å². The Hall–Kier alpha value is -2.00. The van der Waals surface area contributed by atoms with Gasteiger partial charge in [0, 0.05) is 24.7 Å². The third kappa shape index (κ3) is 4.67. The maximum atomic E-state index is 13.0. The first-order chi connectivity index (χ1) is 14.3. The van der Waals surface area contributed by atoms with E-state index < -0.39 is 15.9 Å². The zero-order valence-electron chi connectivity index (χ0n) is 16.6. The number of methoxy groups -OCH3 is 2. The highest BCUT2D eigenvalue weighted by Gasteiger charge is 2.29. The second-order valence-corrected chi connectivity index (χ2v) is 9.47. The quantitative estimate of drug-likeness (QED) is 0.671. The number of nitrogens with one attached hydrogen (secondary N) is 1. The highest BCUT2D eigenvalue weighted by molar-refractivity contribution is 7.89. The molecule has 0 aromatic heterocycles. The van der Waals surface area contributed by atoms with Crippen molar-refractivity contribution in [2.45, 2.75) is 24.2 Å². The Labute approximate surface area is 185 Å². The van der Waals surface area contributed by atoms with E-state index in [4.69, 9.17) is 32.7 Å². The van der Waals surface area contributed by atoms with E-state index in [9.17, 15) is 13.2 Å². The van der Waals surface area contributed by atoms with Crippen LogP contribution in [-0.2, 0) is 10.0 Å². The van der Waals surface area contributed by atoms with Crippen LogP contribution in [0.4, 0.5) is 5.69 Å². The number of rotatable bonds is 6. The first-order valence-corrected chi connectivity index (χ1v) is 11.5. The molecule has 3 rings (SSSR count). The maximum absolute atomic E-state index is 13.0. The van der Waals surface area contributed by atoms with Crippen molar-refractivity contribution in [3.63, 3.8) is 0 Å². The van der Waals surface area contributed by atoms with E-state index in [1.165, 1.54) is 42.8 Å². The number of hydrogen-bond donors (Lipinski definition) is 1. The summed E-state index contributed by atoms with van der Waals surface area (Å²) in [6, 6.07) is 7.21. The molecule has 2 aromatic rings. The van der Waals surface area contributed by atoms with Crippen LogP contribution in [0.25, 0.3) is 0 Å². The summed E-state index contributed by atoms with van der Waals surface area (Å²) in [5.41, 5.74) is 0.465. The van der Waals surface area contributed by atoms with Crippen LogP contribution in [-0.4, -0.2) is 45.9 Å². The standard InChI is InChI=1S/C20H22Cl2N2O5S/c1-28-17-12-18(29-2)16(11-15(17)22)23-20(25)13-6-7-14(21)19(10-13)30(26,27)24-8-4-3-5-9-24/h6-7,10-12H,3-5,8-9H2,1-2H3,(H,23,25). The SMILES string of the molecule is COc1cc(OC)c(NC(=O)c2ccc(Cl)c(S(=O)(=O)N3CCCCC3)c2)cc1Cl. The summed E-state index contributed by atoms with van der Waals surface area (Å²) in [7, 11) is -0.874. The Morgan fingerprint density at radius 1 is 0.967 bits per heavy atom. The van der Waals surface area contributed by atoms with E-state index >= 15 is 0 Å². The predicted molar refractivity (Wildman–Crippen MR) is 117 cm³/mol. The highest BCUT2D eigenvalue weighted by atomic mass is 35.5. The van der Waals surface area contributed by atoms with Gasteiger partial charge in [-0.3, -0.25) is 4.79 Å². The van der Waals surface area contributed by atoms with Crippen LogP contribution >= 0.6 is 23.2 Å². The molecule has 0 atom stereocenters. The van der Waals surface area contributed by atoms with Crippen LogP contribution in [0.1, 0.15) is 29.6 Å². The lowest BCUT2D eigenvalue weighted by Crippen LogP contribution is -2.35. The van der Waals surface area contributed by atoms with Crippen molar-refractivity contribution in [2.24, 2.45) is 0 Å². The number of carbonyl (C=O) groups excluding carboxylic acids is 1. The molecule has 10 heteroatoms. The number of carbonyl (C=O) groups is 1. The van der Waals surface area contributed by atoms with Gasteiger partial charge < -0.3 is 14.8 Å². The summed E-state index contributed by atoms with van der Waals surface area (Å²) in [5, 5.41) is 3.05. The van der Waals surface area contributed by atoms with Crippen molar-refractivity contribution >= 4 is 44.8 Å². The van der Waals surface area contributed by atoms with Crippen molar-refractivity contribution < 1.29 is 22.7 Å². The topological polar surface area (TPSA) is 84.9 Å². The molecule has 1 saturated heterocycles. The minimum absolute atomic E-state index is 0.0715. The number of piperidine rings is 1. The molecule has 1 heterocycles. The normalized spacial score (nSPS) is 14.9. The molecule has 0 unspecified atom stereocenters.